The summed E-state index contributed by atoms with van der Waals surface area (Å²) in [6.07, 6.45) is -5.30. The number of nitrogens with two attached hydrogens (primary N) is 1. The number of nitrogens with zero attached hydrogens (tertiary/aromatic N) is 3. The van der Waals surface area contributed by atoms with Crippen LogP contribution in [0.1, 0.15) is 36.7 Å². The number of fused-ring (bicyclic) bond motifs is 1. The van der Waals surface area contributed by atoms with E-state index in [0.717, 1.165) is 17.8 Å². The first kappa shape index (κ1) is 29.6. The Balaban J connectivity index is 1.73. The number of halogens is 3. The van der Waals surface area contributed by atoms with E-state index in [0.29, 0.717) is 26.2 Å². The van der Waals surface area contributed by atoms with Crippen molar-refractivity contribution < 1.29 is 42.1 Å². The molecule has 1 aliphatic rings. The SMILES string of the molecule is COc1cc2nc(-c3ccc(N4CCN(C(=O)OC(C)(C)C)CC4)cc3OC)c(N)c(C(F)(F)F)c2cc1C(=O)O. The topological polar surface area (TPSA) is 127 Å². The first-order chi connectivity index (χ1) is 19.1. The molecule has 1 aromatic heterocycles. The van der Waals surface area contributed by atoms with Gasteiger partial charge >= 0.3 is 18.2 Å². The second kappa shape index (κ2) is 10.9. The number of hydrogen-bond acceptors (Lipinski definition) is 8. The van der Waals surface area contributed by atoms with Crippen LogP contribution in [0.5, 0.6) is 11.5 Å². The van der Waals surface area contributed by atoms with Gasteiger partial charge in [0.25, 0.3) is 0 Å². The number of carbonyl (C=O) groups is 2. The Morgan fingerprint density at radius 2 is 1.61 bits per heavy atom. The summed E-state index contributed by atoms with van der Waals surface area (Å²) < 4.78 is 59.0. The fourth-order valence-corrected chi connectivity index (χ4v) is 4.70. The molecule has 0 bridgehead atoms. The van der Waals surface area contributed by atoms with E-state index in [1.54, 1.807) is 43.9 Å². The molecule has 1 saturated heterocycles. The molecule has 3 N–H and O–H groups in total. The van der Waals surface area contributed by atoms with Crippen molar-refractivity contribution in [3.05, 3.63) is 41.5 Å². The number of carbonyl (C=O) groups excluding carboxylic acids is 1. The standard InChI is InChI=1S/C28H31F3N4O6/c1-27(2,3)41-26(38)35-10-8-34(9-11-35)15-6-7-16(20(12-15)39-4)24-23(32)22(28(29,30)31)17-13-18(25(36)37)21(40-5)14-19(17)33-24/h6-7,12-14H,8-11,32H2,1-5H3,(H,36,37). The van der Waals surface area contributed by atoms with Crippen LogP contribution in [0.3, 0.4) is 0 Å². The lowest BCUT2D eigenvalue weighted by Crippen LogP contribution is -2.50. The minimum Gasteiger partial charge on any atom is -0.496 e. The normalized spacial score (nSPS) is 14.2. The predicted molar refractivity (Wildman–Crippen MR) is 147 cm³/mol. The van der Waals surface area contributed by atoms with E-state index in [-0.39, 0.29) is 28.3 Å². The van der Waals surface area contributed by atoms with E-state index >= 15 is 0 Å². The van der Waals surface area contributed by atoms with Crippen LogP contribution in [0.25, 0.3) is 22.2 Å². The molecule has 10 nitrogen and oxygen atoms in total. The van der Waals surface area contributed by atoms with Crippen LogP contribution in [0, 0.1) is 0 Å². The molecule has 220 valence electrons. The molecule has 2 heterocycles. The van der Waals surface area contributed by atoms with Crippen molar-refractivity contribution in [3.63, 3.8) is 0 Å². The number of alkyl halides is 3. The average Bonchev–Trinajstić information content (AvgIpc) is 2.90. The number of hydrogen-bond donors (Lipinski definition) is 2. The van der Waals surface area contributed by atoms with Crippen LogP contribution in [-0.2, 0) is 10.9 Å². The Kier molecular flexibility index (Phi) is 7.83. The summed E-state index contributed by atoms with van der Waals surface area (Å²) in [5.41, 5.74) is 3.79. The van der Waals surface area contributed by atoms with Gasteiger partial charge in [0.15, 0.2) is 0 Å². The Morgan fingerprint density at radius 1 is 0.976 bits per heavy atom. The fraction of sp³-hybridized carbons (Fsp3) is 0.393. The third kappa shape index (κ3) is 6.03. The monoisotopic (exact) mass is 576 g/mol. The molecule has 0 spiro atoms. The molecule has 0 unspecified atom stereocenters. The number of rotatable bonds is 5. The summed E-state index contributed by atoms with van der Waals surface area (Å²) >= 11 is 0. The van der Waals surface area contributed by atoms with E-state index in [2.05, 4.69) is 4.98 Å². The number of ether oxygens (including phenoxy) is 3. The average molecular weight is 577 g/mol. The maximum atomic E-state index is 14.3. The molecule has 0 saturated carbocycles. The Bertz CT molecular complexity index is 1500. The molecule has 1 aliphatic heterocycles. The van der Waals surface area contributed by atoms with E-state index in [4.69, 9.17) is 19.9 Å². The number of piperazine rings is 1. The van der Waals surface area contributed by atoms with Crippen LogP contribution < -0.4 is 20.1 Å². The van der Waals surface area contributed by atoms with Gasteiger partial charge in [0, 0.05) is 54.9 Å². The maximum Gasteiger partial charge on any atom is 0.419 e. The van der Waals surface area contributed by atoms with Crippen molar-refractivity contribution >= 4 is 34.3 Å². The molecule has 0 aliphatic carbocycles. The van der Waals surface area contributed by atoms with Crippen LogP contribution in [0.4, 0.5) is 29.3 Å². The van der Waals surface area contributed by atoms with Crippen molar-refractivity contribution in [2.24, 2.45) is 0 Å². The van der Waals surface area contributed by atoms with Gasteiger partial charge in [-0.3, -0.25) is 0 Å². The Hall–Kier alpha value is -4.42. The van der Waals surface area contributed by atoms with E-state index in [9.17, 15) is 27.9 Å². The lowest BCUT2D eigenvalue weighted by molar-refractivity contribution is -0.135. The predicted octanol–water partition coefficient (Wildman–Crippen LogP) is 5.28. The first-order valence-corrected chi connectivity index (χ1v) is 12.7. The van der Waals surface area contributed by atoms with Crippen molar-refractivity contribution in [2.75, 3.05) is 51.0 Å². The van der Waals surface area contributed by atoms with Gasteiger partial charge in [0.1, 0.15) is 22.7 Å². The van der Waals surface area contributed by atoms with Crippen LogP contribution in [-0.4, -0.2) is 73.1 Å². The number of pyridine rings is 1. The fourth-order valence-electron chi connectivity index (χ4n) is 4.70. The van der Waals surface area contributed by atoms with Crippen molar-refractivity contribution in [1.29, 1.82) is 0 Å². The van der Waals surface area contributed by atoms with Gasteiger partial charge in [-0.05, 0) is 39.0 Å². The quantitative estimate of drug-likeness (QED) is 0.417. The Labute approximate surface area is 234 Å². The van der Waals surface area contributed by atoms with Gasteiger partial charge in [-0.15, -0.1) is 0 Å². The third-order valence-electron chi connectivity index (χ3n) is 6.59. The second-order valence-electron chi connectivity index (χ2n) is 10.5. The molecule has 2 aromatic carbocycles. The molecule has 0 atom stereocenters. The van der Waals surface area contributed by atoms with Gasteiger partial charge < -0.3 is 34.9 Å². The molecule has 1 fully saturated rings. The minimum absolute atomic E-state index is 0.144. The molecule has 4 rings (SSSR count). The van der Waals surface area contributed by atoms with Crippen LogP contribution in [0.15, 0.2) is 30.3 Å². The van der Waals surface area contributed by atoms with Crippen LogP contribution in [0.2, 0.25) is 0 Å². The third-order valence-corrected chi connectivity index (χ3v) is 6.59. The molecule has 3 aromatic rings. The first-order valence-electron chi connectivity index (χ1n) is 12.7. The van der Waals surface area contributed by atoms with Gasteiger partial charge in [-0.1, -0.05) is 0 Å². The number of methoxy groups -OCH3 is 2. The Morgan fingerprint density at radius 3 is 2.15 bits per heavy atom. The second-order valence-corrected chi connectivity index (χ2v) is 10.5. The summed E-state index contributed by atoms with van der Waals surface area (Å²) in [6, 6.07) is 6.96. The number of amides is 1. The highest BCUT2D eigenvalue weighted by atomic mass is 19.4. The van der Waals surface area contributed by atoms with E-state index < -0.39 is 46.0 Å². The summed E-state index contributed by atoms with van der Waals surface area (Å²) in [5.74, 6) is -1.37. The number of carboxylic acids is 1. The molecule has 0 radical (unpaired) electrons. The zero-order valence-corrected chi connectivity index (χ0v) is 23.3. The highest BCUT2D eigenvalue weighted by Gasteiger charge is 2.38. The molecular formula is C28H31F3N4O6. The van der Waals surface area contributed by atoms with Gasteiger partial charge in [-0.25, -0.2) is 14.6 Å². The molecule has 13 heteroatoms. The lowest BCUT2D eigenvalue weighted by Gasteiger charge is -2.37. The van der Waals surface area contributed by atoms with Gasteiger partial charge in [0.05, 0.1) is 36.7 Å². The van der Waals surface area contributed by atoms with E-state index in [1.807, 2.05) is 4.90 Å². The molecular weight excluding hydrogens is 545 g/mol. The number of carboxylic acid groups (broad SMARTS) is 1. The number of aromatic carboxylic acids is 1. The number of benzene rings is 2. The maximum absolute atomic E-state index is 14.3. The lowest BCUT2D eigenvalue weighted by atomic mass is 9.98. The zero-order chi connectivity index (χ0) is 30.3. The highest BCUT2D eigenvalue weighted by molar-refractivity contribution is 6.01. The van der Waals surface area contributed by atoms with Crippen molar-refractivity contribution in [1.82, 2.24) is 9.88 Å². The largest absolute Gasteiger partial charge is 0.496 e. The highest BCUT2D eigenvalue weighted by Crippen LogP contribution is 2.45. The number of anilines is 2. The number of aromatic nitrogens is 1. The summed E-state index contributed by atoms with van der Waals surface area (Å²) in [7, 11) is 2.60. The van der Waals surface area contributed by atoms with E-state index in [1.165, 1.54) is 14.2 Å². The zero-order valence-electron chi connectivity index (χ0n) is 23.3. The van der Waals surface area contributed by atoms with Gasteiger partial charge in [-0.2, -0.15) is 13.2 Å². The van der Waals surface area contributed by atoms with Crippen molar-refractivity contribution in [3.8, 4) is 22.8 Å². The number of nitrogen functional groups attached to an aromatic ring is 1. The van der Waals surface area contributed by atoms with Crippen LogP contribution >= 0.6 is 0 Å². The summed E-state index contributed by atoms with van der Waals surface area (Å²) in [6.45, 7) is 7.25. The summed E-state index contributed by atoms with van der Waals surface area (Å²) in [5, 5.41) is 9.02. The molecule has 41 heavy (non-hydrogen) atoms. The minimum atomic E-state index is -4.91. The summed E-state index contributed by atoms with van der Waals surface area (Å²) in [4.78, 5) is 32.1. The van der Waals surface area contributed by atoms with Gasteiger partial charge in [0.2, 0.25) is 0 Å². The van der Waals surface area contributed by atoms with Crippen molar-refractivity contribution in [2.45, 2.75) is 32.5 Å². The smallest absolute Gasteiger partial charge is 0.419 e. The molecule has 1 amide bonds.